The third kappa shape index (κ3) is 2.94. The van der Waals surface area contributed by atoms with Gasteiger partial charge in [-0.2, -0.15) is 0 Å². The number of aryl methyl sites for hydroxylation is 2. The van der Waals surface area contributed by atoms with Crippen LogP contribution in [0, 0.1) is 13.8 Å². The molecule has 0 amide bonds. The highest BCUT2D eigenvalue weighted by molar-refractivity contribution is 7.99. The van der Waals surface area contributed by atoms with Crippen LogP contribution in [0.3, 0.4) is 0 Å². The Hall–Kier alpha value is -1.26. The predicted molar refractivity (Wildman–Crippen MR) is 76.6 cm³/mol. The van der Waals surface area contributed by atoms with Crippen LogP contribution in [0.1, 0.15) is 11.1 Å². The summed E-state index contributed by atoms with van der Waals surface area (Å²) in [6.45, 7) is 4.15. The Labute approximate surface area is 116 Å². The quantitative estimate of drug-likeness (QED) is 0.864. The molecule has 2 aromatic rings. The number of halogens is 1. The average molecular weight is 280 g/mol. The van der Waals surface area contributed by atoms with E-state index in [2.05, 4.69) is 47.3 Å². The molecule has 0 unspecified atom stereocenters. The summed E-state index contributed by atoms with van der Waals surface area (Å²) in [5.74, 6) is 0.576. The molecule has 2 rings (SSSR count). The minimum atomic E-state index is 0.569. The highest BCUT2D eigenvalue weighted by Gasteiger charge is 2.08. The largest absolute Gasteiger partial charge is 0.357 e. The fraction of sp³-hybridized carbons (Fsp3) is 0.231. The molecule has 0 atom stereocenters. The van der Waals surface area contributed by atoms with E-state index >= 15 is 0 Å². The van der Waals surface area contributed by atoms with E-state index in [1.54, 1.807) is 25.0 Å². The van der Waals surface area contributed by atoms with E-state index in [1.807, 2.05) is 0 Å². The molecule has 94 valence electrons. The summed E-state index contributed by atoms with van der Waals surface area (Å²) in [6.07, 6.45) is 1.62. The molecular formula is C13H14ClN3S. The molecule has 0 aliphatic heterocycles. The van der Waals surface area contributed by atoms with Gasteiger partial charge in [0.1, 0.15) is 5.03 Å². The van der Waals surface area contributed by atoms with Gasteiger partial charge in [-0.1, -0.05) is 35.5 Å². The second-order valence-corrected chi connectivity index (χ2v) is 5.41. The van der Waals surface area contributed by atoms with Crippen LogP contribution in [-0.4, -0.2) is 17.0 Å². The molecule has 1 heterocycles. The zero-order valence-electron chi connectivity index (χ0n) is 10.5. The molecule has 0 fully saturated rings. The zero-order chi connectivity index (χ0) is 13.1. The van der Waals surface area contributed by atoms with E-state index in [0.717, 1.165) is 9.92 Å². The van der Waals surface area contributed by atoms with Crippen LogP contribution in [0.5, 0.6) is 0 Å². The summed E-state index contributed by atoms with van der Waals surface area (Å²) in [7, 11) is 1.79. The molecule has 1 aromatic carbocycles. The Kier molecular flexibility index (Phi) is 4.09. The first kappa shape index (κ1) is 13.2. The second-order valence-electron chi connectivity index (χ2n) is 3.97. The van der Waals surface area contributed by atoms with E-state index in [-0.39, 0.29) is 0 Å². The molecule has 18 heavy (non-hydrogen) atoms. The number of aromatic nitrogens is 2. The molecule has 5 heteroatoms. The van der Waals surface area contributed by atoms with Crippen molar-refractivity contribution >= 4 is 29.3 Å². The summed E-state index contributed by atoms with van der Waals surface area (Å²) in [5, 5.41) is 4.25. The van der Waals surface area contributed by atoms with Gasteiger partial charge in [-0.05, 0) is 31.0 Å². The van der Waals surface area contributed by atoms with Crippen molar-refractivity contribution in [3.05, 3.63) is 40.5 Å². The average Bonchev–Trinajstić information content (AvgIpc) is 2.36. The van der Waals surface area contributed by atoms with Crippen LogP contribution >= 0.6 is 23.4 Å². The van der Waals surface area contributed by atoms with E-state index < -0.39 is 0 Å². The summed E-state index contributed by atoms with van der Waals surface area (Å²) in [6, 6.07) is 6.34. The van der Waals surface area contributed by atoms with Crippen LogP contribution in [0.2, 0.25) is 5.02 Å². The summed E-state index contributed by atoms with van der Waals surface area (Å²) >= 11 is 7.68. The molecule has 3 nitrogen and oxygen atoms in total. The first-order chi connectivity index (χ1) is 8.60. The van der Waals surface area contributed by atoms with Crippen LogP contribution in [-0.2, 0) is 0 Å². The highest BCUT2D eigenvalue weighted by atomic mass is 35.5. The minimum absolute atomic E-state index is 0.569. The van der Waals surface area contributed by atoms with Gasteiger partial charge in [0, 0.05) is 11.9 Å². The molecular weight excluding hydrogens is 266 g/mol. The van der Waals surface area contributed by atoms with Crippen molar-refractivity contribution in [1.29, 1.82) is 0 Å². The molecule has 0 bridgehead atoms. The Bertz CT molecular complexity index is 572. The van der Waals surface area contributed by atoms with Gasteiger partial charge in [0.2, 0.25) is 5.95 Å². The van der Waals surface area contributed by atoms with Gasteiger partial charge in [0.25, 0.3) is 0 Å². The van der Waals surface area contributed by atoms with Crippen molar-refractivity contribution in [3.63, 3.8) is 0 Å². The standard InChI is InChI=1S/C13H14ClN3S/c1-8-4-5-9(2)11(6-8)18-12-10(14)7-16-13(15-3)17-12/h4-7H,1-3H3,(H,15,16,17). The number of rotatable bonds is 3. The predicted octanol–water partition coefficient (Wildman–Crippen LogP) is 3.94. The zero-order valence-corrected chi connectivity index (χ0v) is 12.1. The molecule has 1 aromatic heterocycles. The van der Waals surface area contributed by atoms with Crippen molar-refractivity contribution in [3.8, 4) is 0 Å². The van der Waals surface area contributed by atoms with Crippen LogP contribution < -0.4 is 5.32 Å². The molecule has 0 aliphatic carbocycles. The third-order valence-electron chi connectivity index (χ3n) is 2.49. The molecule has 1 N–H and O–H groups in total. The maximum atomic E-state index is 6.12. The maximum absolute atomic E-state index is 6.12. The monoisotopic (exact) mass is 279 g/mol. The summed E-state index contributed by atoms with van der Waals surface area (Å²) in [5.41, 5.74) is 2.44. The first-order valence-corrected chi connectivity index (χ1v) is 6.75. The van der Waals surface area contributed by atoms with Crippen molar-refractivity contribution in [2.45, 2.75) is 23.8 Å². The second kappa shape index (κ2) is 5.59. The number of hydrogen-bond acceptors (Lipinski definition) is 4. The SMILES string of the molecule is CNc1ncc(Cl)c(Sc2cc(C)ccc2C)n1. The van der Waals surface area contributed by atoms with Gasteiger partial charge in [-0.25, -0.2) is 9.97 Å². The number of anilines is 1. The molecule has 0 aliphatic rings. The van der Waals surface area contributed by atoms with Crippen molar-refractivity contribution in [2.75, 3.05) is 12.4 Å². The molecule has 0 saturated carbocycles. The topological polar surface area (TPSA) is 37.8 Å². The van der Waals surface area contributed by atoms with Gasteiger partial charge >= 0.3 is 0 Å². The van der Waals surface area contributed by atoms with Crippen molar-refractivity contribution in [1.82, 2.24) is 9.97 Å². The van der Waals surface area contributed by atoms with Crippen LogP contribution in [0.4, 0.5) is 5.95 Å². The highest BCUT2D eigenvalue weighted by Crippen LogP contribution is 2.34. The van der Waals surface area contributed by atoms with E-state index in [4.69, 9.17) is 11.6 Å². The lowest BCUT2D eigenvalue weighted by Crippen LogP contribution is -1.97. The summed E-state index contributed by atoms with van der Waals surface area (Å²) in [4.78, 5) is 9.60. The van der Waals surface area contributed by atoms with E-state index in [0.29, 0.717) is 11.0 Å². The summed E-state index contributed by atoms with van der Waals surface area (Å²) < 4.78 is 0. The number of hydrogen-bond donors (Lipinski definition) is 1. The lowest BCUT2D eigenvalue weighted by molar-refractivity contribution is 1.04. The van der Waals surface area contributed by atoms with Crippen LogP contribution in [0.15, 0.2) is 34.3 Å². The number of benzene rings is 1. The van der Waals surface area contributed by atoms with Gasteiger partial charge in [-0.3, -0.25) is 0 Å². The fourth-order valence-electron chi connectivity index (χ4n) is 1.46. The van der Waals surface area contributed by atoms with Gasteiger partial charge in [0.05, 0.1) is 11.2 Å². The van der Waals surface area contributed by atoms with Gasteiger partial charge < -0.3 is 5.32 Å². The van der Waals surface area contributed by atoms with Crippen molar-refractivity contribution in [2.24, 2.45) is 0 Å². The van der Waals surface area contributed by atoms with E-state index in [9.17, 15) is 0 Å². The van der Waals surface area contributed by atoms with Crippen LogP contribution in [0.25, 0.3) is 0 Å². The number of nitrogens with one attached hydrogen (secondary N) is 1. The Balaban J connectivity index is 2.36. The first-order valence-electron chi connectivity index (χ1n) is 5.55. The lowest BCUT2D eigenvalue weighted by atomic mass is 10.2. The van der Waals surface area contributed by atoms with Crippen molar-refractivity contribution < 1.29 is 0 Å². The lowest BCUT2D eigenvalue weighted by Gasteiger charge is -2.08. The Morgan fingerprint density at radius 1 is 1.28 bits per heavy atom. The smallest absolute Gasteiger partial charge is 0.223 e. The Morgan fingerprint density at radius 2 is 2.06 bits per heavy atom. The number of nitrogens with zero attached hydrogens (tertiary/aromatic N) is 2. The maximum Gasteiger partial charge on any atom is 0.223 e. The van der Waals surface area contributed by atoms with Gasteiger partial charge in [-0.15, -0.1) is 0 Å². The minimum Gasteiger partial charge on any atom is -0.357 e. The van der Waals surface area contributed by atoms with Gasteiger partial charge in [0.15, 0.2) is 0 Å². The Morgan fingerprint density at radius 3 is 2.78 bits per heavy atom. The molecule has 0 saturated heterocycles. The fourth-order valence-corrected chi connectivity index (χ4v) is 2.64. The molecule has 0 spiro atoms. The molecule has 0 radical (unpaired) electrons. The van der Waals surface area contributed by atoms with E-state index in [1.165, 1.54) is 11.1 Å². The normalized spacial score (nSPS) is 10.4. The third-order valence-corrected chi connectivity index (χ3v) is 4.04.